The second-order valence-electron chi connectivity index (χ2n) is 10.8. The maximum atomic E-state index is 14.2. The molecule has 3 atom stereocenters. The Balaban J connectivity index is 1.54. The first-order valence-corrected chi connectivity index (χ1v) is 15.7. The topological polar surface area (TPSA) is 105 Å². The first kappa shape index (κ1) is 27.6. The van der Waals surface area contributed by atoms with E-state index in [1.165, 1.54) is 5.56 Å². The smallest absolute Gasteiger partial charge is 0.275 e. The third-order valence-corrected chi connectivity index (χ3v) is 9.99. The maximum Gasteiger partial charge on any atom is 0.275 e. The third kappa shape index (κ3) is 5.95. The molecule has 2 heterocycles. The Morgan fingerprint density at radius 1 is 1.10 bits per heavy atom. The lowest BCUT2D eigenvalue weighted by atomic mass is 9.81. The van der Waals surface area contributed by atoms with Gasteiger partial charge in [-0.05, 0) is 24.8 Å². The molecular formula is C30H38N4O4S. The summed E-state index contributed by atoms with van der Waals surface area (Å²) in [7, 11) is -3.43. The lowest BCUT2D eigenvalue weighted by Crippen LogP contribution is -2.54. The molecule has 0 bridgehead atoms. The highest BCUT2D eigenvalue weighted by atomic mass is 32.2. The highest BCUT2D eigenvalue weighted by molar-refractivity contribution is 7.91. The fourth-order valence-corrected chi connectivity index (χ4v) is 7.42. The lowest BCUT2D eigenvalue weighted by Gasteiger charge is -2.41. The van der Waals surface area contributed by atoms with E-state index in [0.717, 1.165) is 24.8 Å². The second-order valence-corrected chi connectivity index (χ2v) is 13.2. The average molecular weight is 551 g/mol. The van der Waals surface area contributed by atoms with Gasteiger partial charge >= 0.3 is 0 Å². The van der Waals surface area contributed by atoms with Crippen LogP contribution in [0.4, 0.5) is 0 Å². The van der Waals surface area contributed by atoms with E-state index in [1.54, 1.807) is 13.3 Å². The summed E-state index contributed by atoms with van der Waals surface area (Å²) >= 11 is 0. The highest BCUT2D eigenvalue weighted by Gasteiger charge is 2.44. The lowest BCUT2D eigenvalue weighted by molar-refractivity contribution is -0.0212. The van der Waals surface area contributed by atoms with Crippen LogP contribution in [-0.2, 0) is 16.3 Å². The summed E-state index contributed by atoms with van der Waals surface area (Å²) in [6.45, 7) is 3.58. The molecule has 2 aromatic carbocycles. The minimum atomic E-state index is -3.43. The molecule has 9 heteroatoms. The molecule has 0 radical (unpaired) electrons. The first-order valence-electron chi connectivity index (χ1n) is 13.9. The second kappa shape index (κ2) is 11.6. The molecule has 1 aliphatic heterocycles. The van der Waals surface area contributed by atoms with Gasteiger partial charge in [0, 0.05) is 37.0 Å². The summed E-state index contributed by atoms with van der Waals surface area (Å²) in [5, 5.41) is 15.2. The zero-order chi connectivity index (χ0) is 27.5. The standard InChI is InChI=1S/C30H38N4O4S/c1-2-39(37,38)21-30(36)16-10-9-15-26(30)34-22-32-27(28(34)24-13-7-4-8-14-24)29(35)33-18-17-31-20-25(33)19-23-11-5-3-6-12-23/h3-8,11-14,22,25-26,31,36H,2,9-10,15-21H2,1H3/t25-,26?,30?/m1/s1. The van der Waals surface area contributed by atoms with Gasteiger partial charge < -0.3 is 19.9 Å². The Hall–Kier alpha value is -3.01. The van der Waals surface area contributed by atoms with Crippen LogP contribution in [0.15, 0.2) is 67.0 Å². The quantitative estimate of drug-likeness (QED) is 0.445. The van der Waals surface area contributed by atoms with Crippen molar-refractivity contribution in [2.75, 3.05) is 31.1 Å². The molecule has 2 aliphatic rings. The van der Waals surface area contributed by atoms with E-state index in [4.69, 9.17) is 0 Å². The molecule has 1 saturated carbocycles. The fourth-order valence-electron chi connectivity index (χ4n) is 6.12. The van der Waals surface area contributed by atoms with Crippen LogP contribution in [0.2, 0.25) is 0 Å². The van der Waals surface area contributed by atoms with Gasteiger partial charge in [-0.25, -0.2) is 13.4 Å². The summed E-state index contributed by atoms with van der Waals surface area (Å²) in [6, 6.07) is 19.3. The van der Waals surface area contributed by atoms with Gasteiger partial charge in [0.25, 0.3) is 5.91 Å². The zero-order valence-electron chi connectivity index (χ0n) is 22.5. The Kier molecular flexibility index (Phi) is 8.21. The van der Waals surface area contributed by atoms with E-state index < -0.39 is 21.5 Å². The molecule has 1 saturated heterocycles. The van der Waals surface area contributed by atoms with Gasteiger partial charge in [-0.2, -0.15) is 0 Å². The zero-order valence-corrected chi connectivity index (χ0v) is 23.3. The number of rotatable bonds is 8. The van der Waals surface area contributed by atoms with Gasteiger partial charge in [-0.15, -0.1) is 0 Å². The van der Waals surface area contributed by atoms with Crippen LogP contribution in [-0.4, -0.2) is 76.7 Å². The van der Waals surface area contributed by atoms with Crippen LogP contribution in [0.5, 0.6) is 0 Å². The van der Waals surface area contributed by atoms with Crippen molar-refractivity contribution in [3.63, 3.8) is 0 Å². The highest BCUT2D eigenvalue weighted by Crippen LogP contribution is 2.42. The van der Waals surface area contributed by atoms with Gasteiger partial charge in [-0.1, -0.05) is 80.4 Å². The first-order chi connectivity index (χ1) is 18.8. The number of aliphatic hydroxyl groups is 1. The minimum absolute atomic E-state index is 0.0208. The van der Waals surface area contributed by atoms with Crippen molar-refractivity contribution in [3.05, 3.63) is 78.2 Å². The van der Waals surface area contributed by atoms with E-state index in [9.17, 15) is 18.3 Å². The number of nitrogens with zero attached hydrogens (tertiary/aromatic N) is 3. The Bertz CT molecular complexity index is 1380. The van der Waals surface area contributed by atoms with Crippen molar-refractivity contribution in [3.8, 4) is 11.3 Å². The van der Waals surface area contributed by atoms with Crippen LogP contribution in [0.1, 0.15) is 54.7 Å². The van der Waals surface area contributed by atoms with Gasteiger partial charge in [0.15, 0.2) is 15.5 Å². The molecule has 2 fully saturated rings. The number of carbonyl (C=O) groups excluding carboxylic acids is 1. The van der Waals surface area contributed by atoms with Crippen LogP contribution in [0, 0.1) is 0 Å². The van der Waals surface area contributed by atoms with E-state index in [2.05, 4.69) is 22.4 Å². The molecule has 1 aromatic heterocycles. The minimum Gasteiger partial charge on any atom is -0.387 e. The van der Waals surface area contributed by atoms with Gasteiger partial charge in [0.2, 0.25) is 0 Å². The fraction of sp³-hybridized carbons (Fsp3) is 0.467. The Labute approximate surface area is 231 Å². The molecule has 8 nitrogen and oxygen atoms in total. The van der Waals surface area contributed by atoms with Crippen LogP contribution >= 0.6 is 0 Å². The monoisotopic (exact) mass is 550 g/mol. The van der Waals surface area contributed by atoms with Gasteiger partial charge in [-0.3, -0.25) is 4.79 Å². The maximum absolute atomic E-state index is 14.2. The number of aromatic nitrogens is 2. The number of hydrogen-bond acceptors (Lipinski definition) is 6. The molecular weight excluding hydrogens is 512 g/mol. The molecule has 5 rings (SSSR count). The SMILES string of the molecule is CCS(=O)(=O)CC1(O)CCCCC1n1cnc(C(=O)N2CCNC[C@H]2Cc2ccccc2)c1-c1ccccc1. The summed E-state index contributed by atoms with van der Waals surface area (Å²) in [6.07, 6.45) is 5.00. The predicted octanol–water partition coefficient (Wildman–Crippen LogP) is 3.49. The van der Waals surface area contributed by atoms with Crippen molar-refractivity contribution in [1.82, 2.24) is 19.8 Å². The van der Waals surface area contributed by atoms with Crippen LogP contribution in [0.25, 0.3) is 11.3 Å². The molecule has 2 unspecified atom stereocenters. The van der Waals surface area contributed by atoms with Gasteiger partial charge in [0.1, 0.15) is 0 Å². The molecule has 208 valence electrons. The largest absolute Gasteiger partial charge is 0.387 e. The molecule has 3 aromatic rings. The van der Waals surface area contributed by atoms with Crippen molar-refractivity contribution < 1.29 is 18.3 Å². The number of hydrogen-bond donors (Lipinski definition) is 2. The Morgan fingerprint density at radius 2 is 1.82 bits per heavy atom. The summed E-state index contributed by atoms with van der Waals surface area (Å²) in [5.74, 6) is -0.462. The molecule has 39 heavy (non-hydrogen) atoms. The Morgan fingerprint density at radius 3 is 2.54 bits per heavy atom. The molecule has 0 spiro atoms. The number of nitrogens with one attached hydrogen (secondary N) is 1. The summed E-state index contributed by atoms with van der Waals surface area (Å²) in [5.41, 5.74) is 1.54. The van der Waals surface area contributed by atoms with Crippen LogP contribution < -0.4 is 5.32 Å². The van der Waals surface area contributed by atoms with E-state index in [0.29, 0.717) is 43.9 Å². The summed E-state index contributed by atoms with van der Waals surface area (Å²) < 4.78 is 27.2. The molecule has 2 N–H and O–H groups in total. The van der Waals surface area contributed by atoms with Crippen molar-refractivity contribution in [1.29, 1.82) is 0 Å². The average Bonchev–Trinajstić information content (AvgIpc) is 3.38. The molecule has 1 aliphatic carbocycles. The van der Waals surface area contributed by atoms with E-state index in [1.807, 2.05) is 58.0 Å². The van der Waals surface area contributed by atoms with Crippen LogP contribution in [0.3, 0.4) is 0 Å². The third-order valence-electron chi connectivity index (χ3n) is 8.17. The number of piperazine rings is 1. The van der Waals surface area contributed by atoms with Crippen molar-refractivity contribution in [2.45, 2.75) is 56.7 Å². The molecule has 1 amide bonds. The number of carbonyl (C=O) groups is 1. The van der Waals surface area contributed by atoms with E-state index >= 15 is 0 Å². The number of benzene rings is 2. The normalized spacial score (nSPS) is 24.0. The number of sulfone groups is 1. The van der Waals surface area contributed by atoms with Crippen molar-refractivity contribution >= 4 is 15.7 Å². The van der Waals surface area contributed by atoms with Crippen molar-refractivity contribution in [2.24, 2.45) is 0 Å². The predicted molar refractivity (Wildman–Crippen MR) is 152 cm³/mol. The van der Waals surface area contributed by atoms with Gasteiger partial charge in [0.05, 0.1) is 29.4 Å². The number of imidazole rings is 1. The van der Waals surface area contributed by atoms with E-state index in [-0.39, 0.29) is 23.5 Å². The number of amides is 1. The summed E-state index contributed by atoms with van der Waals surface area (Å²) in [4.78, 5) is 20.8.